The lowest BCUT2D eigenvalue weighted by atomic mass is 10.1. The highest BCUT2D eigenvalue weighted by Crippen LogP contribution is 2.31. The van der Waals surface area contributed by atoms with Crippen LogP contribution in [0.25, 0.3) is 6.08 Å². The molecular weight excluding hydrogens is 318 g/mol. The summed E-state index contributed by atoms with van der Waals surface area (Å²) in [6.07, 6.45) is 2.40. The average Bonchev–Trinajstić information content (AvgIpc) is 3.05. The Morgan fingerprint density at radius 2 is 2.22 bits per heavy atom. The van der Waals surface area contributed by atoms with Crippen LogP contribution in [-0.2, 0) is 4.79 Å². The molecule has 2 amide bonds. The van der Waals surface area contributed by atoms with Crippen LogP contribution in [0.15, 0.2) is 23.1 Å². The zero-order chi connectivity index (χ0) is 16.6. The average molecular weight is 333 g/mol. The number of carbonyl (C=O) groups is 3. The number of nitrogens with two attached hydrogens (primary N) is 1. The molecule has 0 saturated carbocycles. The molecule has 3 rings (SSSR count). The second-order valence-electron chi connectivity index (χ2n) is 5.43. The standard InChI is InChI=1S/C15H15N3O4S/c16-10-3-4-18(7-10)11-2-1-8(14(20)21)5-9(11)6-12-13(19)17-15(22)23-12/h1-2,5-6,10H,3-4,7,16H2,(H,20,21)(H,17,19,22)/b12-6-/t10-/m0/s1. The summed E-state index contributed by atoms with van der Waals surface area (Å²) in [5.41, 5.74) is 7.45. The Labute approximate surface area is 136 Å². The predicted molar refractivity (Wildman–Crippen MR) is 87.3 cm³/mol. The molecule has 2 saturated heterocycles. The van der Waals surface area contributed by atoms with E-state index >= 15 is 0 Å². The van der Waals surface area contributed by atoms with Crippen molar-refractivity contribution < 1.29 is 19.5 Å². The molecule has 0 unspecified atom stereocenters. The minimum atomic E-state index is -1.05. The van der Waals surface area contributed by atoms with E-state index in [2.05, 4.69) is 10.2 Å². The molecule has 2 fully saturated rings. The van der Waals surface area contributed by atoms with E-state index in [1.807, 2.05) is 0 Å². The zero-order valence-corrected chi connectivity index (χ0v) is 12.9. The van der Waals surface area contributed by atoms with Crippen molar-refractivity contribution in [2.24, 2.45) is 5.73 Å². The van der Waals surface area contributed by atoms with Crippen LogP contribution in [0.5, 0.6) is 0 Å². The van der Waals surface area contributed by atoms with E-state index in [-0.39, 0.29) is 16.5 Å². The van der Waals surface area contributed by atoms with Gasteiger partial charge in [0.1, 0.15) is 0 Å². The van der Waals surface area contributed by atoms with Gasteiger partial charge in [-0.3, -0.25) is 14.9 Å². The van der Waals surface area contributed by atoms with Crippen LogP contribution >= 0.6 is 11.8 Å². The SMILES string of the molecule is N[C@H]1CCN(c2ccc(C(=O)O)cc2/C=C2\SC(=O)NC2=O)C1. The number of carboxylic acid groups (broad SMARTS) is 1. The highest BCUT2D eigenvalue weighted by Gasteiger charge is 2.27. The van der Waals surface area contributed by atoms with Crippen molar-refractivity contribution in [3.8, 4) is 0 Å². The summed E-state index contributed by atoms with van der Waals surface area (Å²) in [6, 6.07) is 4.81. The van der Waals surface area contributed by atoms with Crippen molar-refractivity contribution >= 4 is 40.6 Å². The molecular formula is C15H15N3O4S. The first kappa shape index (κ1) is 15.6. The molecule has 1 atom stereocenters. The maximum absolute atomic E-state index is 11.7. The largest absolute Gasteiger partial charge is 0.478 e. The Bertz CT molecular complexity index is 731. The molecule has 0 aliphatic carbocycles. The van der Waals surface area contributed by atoms with Gasteiger partial charge >= 0.3 is 5.97 Å². The molecule has 23 heavy (non-hydrogen) atoms. The van der Waals surface area contributed by atoms with Crippen LogP contribution in [-0.4, -0.2) is 41.4 Å². The van der Waals surface area contributed by atoms with Gasteiger partial charge in [-0.05, 0) is 48.0 Å². The number of nitrogens with one attached hydrogen (secondary N) is 1. The van der Waals surface area contributed by atoms with E-state index < -0.39 is 17.1 Å². The van der Waals surface area contributed by atoms with Crippen LogP contribution in [0.2, 0.25) is 0 Å². The molecule has 120 valence electrons. The van der Waals surface area contributed by atoms with Gasteiger partial charge in [0.05, 0.1) is 10.5 Å². The Hall–Kier alpha value is -2.32. The second-order valence-corrected chi connectivity index (χ2v) is 6.44. The molecule has 0 bridgehead atoms. The molecule has 4 N–H and O–H groups in total. The molecule has 1 aromatic carbocycles. The summed E-state index contributed by atoms with van der Waals surface area (Å²) < 4.78 is 0. The first-order valence-corrected chi connectivity index (χ1v) is 7.88. The van der Waals surface area contributed by atoms with E-state index in [4.69, 9.17) is 10.8 Å². The van der Waals surface area contributed by atoms with Gasteiger partial charge in [0.15, 0.2) is 0 Å². The third-order valence-corrected chi connectivity index (χ3v) is 4.58. The maximum Gasteiger partial charge on any atom is 0.335 e. The summed E-state index contributed by atoms with van der Waals surface area (Å²) in [4.78, 5) is 36.5. The van der Waals surface area contributed by atoms with Gasteiger partial charge in [-0.1, -0.05) is 0 Å². The molecule has 0 aromatic heterocycles. The molecule has 2 aliphatic heterocycles. The van der Waals surface area contributed by atoms with Gasteiger partial charge in [-0.25, -0.2) is 4.79 Å². The molecule has 8 heteroatoms. The fourth-order valence-electron chi connectivity index (χ4n) is 2.66. The lowest BCUT2D eigenvalue weighted by Crippen LogP contribution is -2.26. The first-order valence-electron chi connectivity index (χ1n) is 7.07. The topological polar surface area (TPSA) is 113 Å². The van der Waals surface area contributed by atoms with Gasteiger partial charge in [0, 0.05) is 24.8 Å². The normalized spacial score (nSPS) is 22.7. The lowest BCUT2D eigenvalue weighted by Gasteiger charge is -2.21. The summed E-state index contributed by atoms with van der Waals surface area (Å²) in [6.45, 7) is 1.43. The maximum atomic E-state index is 11.7. The Balaban J connectivity index is 2.03. The summed E-state index contributed by atoms with van der Waals surface area (Å²) >= 11 is 0.805. The van der Waals surface area contributed by atoms with Crippen LogP contribution in [0.4, 0.5) is 10.5 Å². The molecule has 2 aliphatic rings. The minimum Gasteiger partial charge on any atom is -0.478 e. The van der Waals surface area contributed by atoms with E-state index in [1.54, 1.807) is 12.1 Å². The Morgan fingerprint density at radius 1 is 1.43 bits per heavy atom. The monoisotopic (exact) mass is 333 g/mol. The second kappa shape index (κ2) is 6.05. The van der Waals surface area contributed by atoms with Crippen molar-refractivity contribution in [2.75, 3.05) is 18.0 Å². The minimum absolute atomic E-state index is 0.0698. The van der Waals surface area contributed by atoms with E-state index in [9.17, 15) is 14.4 Å². The van der Waals surface area contributed by atoms with Crippen molar-refractivity contribution in [1.29, 1.82) is 0 Å². The number of hydrogen-bond acceptors (Lipinski definition) is 6. The molecule has 7 nitrogen and oxygen atoms in total. The molecule has 1 aromatic rings. The van der Waals surface area contributed by atoms with Crippen LogP contribution < -0.4 is 16.0 Å². The Morgan fingerprint density at radius 3 is 2.78 bits per heavy atom. The van der Waals surface area contributed by atoms with E-state index in [0.717, 1.165) is 30.4 Å². The fraction of sp³-hybridized carbons (Fsp3) is 0.267. The van der Waals surface area contributed by atoms with Crippen molar-refractivity contribution in [2.45, 2.75) is 12.5 Å². The fourth-order valence-corrected chi connectivity index (χ4v) is 3.33. The predicted octanol–water partition coefficient (Wildman–Crippen LogP) is 1.25. The number of aromatic carboxylic acids is 1. The number of carbonyl (C=O) groups excluding carboxylic acids is 2. The third kappa shape index (κ3) is 3.22. The highest BCUT2D eigenvalue weighted by molar-refractivity contribution is 8.18. The molecule has 0 radical (unpaired) electrons. The van der Waals surface area contributed by atoms with Crippen LogP contribution in [0.3, 0.4) is 0 Å². The van der Waals surface area contributed by atoms with Crippen LogP contribution in [0.1, 0.15) is 22.3 Å². The lowest BCUT2D eigenvalue weighted by molar-refractivity contribution is -0.115. The van der Waals surface area contributed by atoms with Crippen molar-refractivity contribution in [1.82, 2.24) is 5.32 Å². The number of benzene rings is 1. The summed E-state index contributed by atoms with van der Waals surface area (Å²) in [5.74, 6) is -1.52. The van der Waals surface area contributed by atoms with Gasteiger partial charge in [0.25, 0.3) is 11.1 Å². The number of carboxylic acids is 1. The van der Waals surface area contributed by atoms with Gasteiger partial charge in [-0.2, -0.15) is 0 Å². The Kier molecular flexibility index (Phi) is 4.10. The summed E-state index contributed by atoms with van der Waals surface area (Å²) in [5, 5.41) is 10.9. The number of nitrogens with zero attached hydrogens (tertiary/aromatic N) is 1. The smallest absolute Gasteiger partial charge is 0.335 e. The van der Waals surface area contributed by atoms with Crippen LogP contribution in [0, 0.1) is 0 Å². The number of rotatable bonds is 3. The van der Waals surface area contributed by atoms with E-state index in [0.29, 0.717) is 12.1 Å². The number of thioether (sulfide) groups is 1. The zero-order valence-electron chi connectivity index (χ0n) is 12.1. The number of imide groups is 1. The van der Waals surface area contributed by atoms with Crippen molar-refractivity contribution in [3.05, 3.63) is 34.2 Å². The number of anilines is 1. The molecule has 0 spiro atoms. The summed E-state index contributed by atoms with van der Waals surface area (Å²) in [7, 11) is 0. The first-order chi connectivity index (χ1) is 10.9. The molecule has 2 heterocycles. The number of amides is 2. The van der Waals surface area contributed by atoms with Crippen molar-refractivity contribution in [3.63, 3.8) is 0 Å². The quantitative estimate of drug-likeness (QED) is 0.713. The third-order valence-electron chi connectivity index (χ3n) is 3.77. The highest BCUT2D eigenvalue weighted by atomic mass is 32.2. The number of hydrogen-bond donors (Lipinski definition) is 3. The van der Waals surface area contributed by atoms with Gasteiger partial charge in [0.2, 0.25) is 0 Å². The van der Waals surface area contributed by atoms with Gasteiger partial charge in [-0.15, -0.1) is 0 Å². The van der Waals surface area contributed by atoms with Gasteiger partial charge < -0.3 is 15.7 Å². The van der Waals surface area contributed by atoms with E-state index in [1.165, 1.54) is 12.1 Å².